The second-order valence-electron chi connectivity index (χ2n) is 3.52. The van der Waals surface area contributed by atoms with E-state index in [4.69, 9.17) is 5.11 Å². The van der Waals surface area contributed by atoms with E-state index in [0.29, 0.717) is 18.9 Å². The van der Waals surface area contributed by atoms with Crippen LogP contribution in [0.2, 0.25) is 0 Å². The van der Waals surface area contributed by atoms with Crippen LogP contribution < -0.4 is 11.0 Å². The van der Waals surface area contributed by atoms with Crippen molar-refractivity contribution in [2.24, 2.45) is 0 Å². The largest absolute Gasteiger partial charge is 0.388 e. The Labute approximate surface area is 85.3 Å². The number of hydrogen-bond donors (Lipinski definition) is 2. The zero-order valence-corrected chi connectivity index (χ0v) is 8.19. The Balaban J connectivity index is 2.25. The smallest absolute Gasteiger partial charge is 0.346 e. The van der Waals surface area contributed by atoms with E-state index in [1.807, 2.05) is 0 Å². The van der Waals surface area contributed by atoms with Crippen LogP contribution in [0, 0.1) is 0 Å². The van der Waals surface area contributed by atoms with Gasteiger partial charge in [0.25, 0.3) is 0 Å². The second kappa shape index (κ2) is 4.11. The summed E-state index contributed by atoms with van der Waals surface area (Å²) in [5, 5.41) is 16.2. The fourth-order valence-corrected chi connectivity index (χ4v) is 1.60. The summed E-state index contributed by atoms with van der Waals surface area (Å²) in [6.45, 7) is 0.875. The lowest BCUT2D eigenvalue weighted by molar-refractivity contribution is 0.116. The molecule has 2 heterocycles. The molecule has 1 aliphatic heterocycles. The maximum atomic E-state index is 12.1. The van der Waals surface area contributed by atoms with Gasteiger partial charge in [-0.25, -0.2) is 13.9 Å². The van der Waals surface area contributed by atoms with Gasteiger partial charge in [-0.2, -0.15) is 5.10 Å². The summed E-state index contributed by atoms with van der Waals surface area (Å²) in [7, 11) is 0. The molecule has 1 aromatic heterocycles. The van der Waals surface area contributed by atoms with Crippen molar-refractivity contribution in [1.82, 2.24) is 19.7 Å². The average molecular weight is 216 g/mol. The van der Waals surface area contributed by atoms with E-state index in [2.05, 4.69) is 10.4 Å². The number of nitrogens with one attached hydrogen (secondary N) is 1. The summed E-state index contributed by atoms with van der Waals surface area (Å²) < 4.78 is 14.7. The molecule has 1 aromatic rings. The number of alkyl halides is 1. The number of nitrogens with zero attached hydrogens (tertiary/aromatic N) is 3. The maximum Gasteiger partial charge on any atom is 0.346 e. The topological polar surface area (TPSA) is 72.1 Å². The molecule has 1 atom stereocenters. The van der Waals surface area contributed by atoms with E-state index < -0.39 is 12.8 Å². The fourth-order valence-electron chi connectivity index (χ4n) is 1.60. The van der Waals surface area contributed by atoms with E-state index in [0.717, 1.165) is 11.2 Å². The highest BCUT2D eigenvalue weighted by Crippen LogP contribution is 1.98. The van der Waals surface area contributed by atoms with Crippen LogP contribution in [0.1, 0.15) is 5.82 Å². The molecule has 0 aliphatic carbocycles. The third kappa shape index (κ3) is 1.93. The van der Waals surface area contributed by atoms with Crippen LogP contribution in [0.3, 0.4) is 0 Å². The van der Waals surface area contributed by atoms with Crippen molar-refractivity contribution in [3.8, 4) is 0 Å². The summed E-state index contributed by atoms with van der Waals surface area (Å²) in [4.78, 5) is 11.7. The van der Waals surface area contributed by atoms with E-state index in [1.54, 1.807) is 4.57 Å². The monoisotopic (exact) mass is 216 g/mol. The molecule has 7 heteroatoms. The molecule has 0 bridgehead atoms. The molecule has 0 saturated carbocycles. The number of hydrogen-bond acceptors (Lipinski definition) is 4. The van der Waals surface area contributed by atoms with Crippen molar-refractivity contribution < 1.29 is 9.50 Å². The second-order valence-corrected chi connectivity index (χ2v) is 3.52. The van der Waals surface area contributed by atoms with Crippen molar-refractivity contribution in [3.05, 3.63) is 16.3 Å². The van der Waals surface area contributed by atoms with E-state index >= 15 is 0 Å². The summed E-state index contributed by atoms with van der Waals surface area (Å²) in [6, 6.07) is 0. The number of fused-ring (bicyclic) bond motifs is 1. The number of aliphatic hydroxyl groups excluding tert-OH is 1. The van der Waals surface area contributed by atoms with Gasteiger partial charge in [-0.1, -0.05) is 0 Å². The fraction of sp³-hybridized carbons (Fsp3) is 0.750. The summed E-state index contributed by atoms with van der Waals surface area (Å²) in [6.07, 6.45) is -1.16. The molecule has 2 rings (SSSR count). The molecule has 0 spiro atoms. The lowest BCUT2D eigenvalue weighted by atomic mass is 10.4. The molecule has 0 radical (unpaired) electrons. The number of aliphatic hydroxyl groups is 1. The van der Waals surface area contributed by atoms with Crippen LogP contribution in [0.4, 0.5) is 4.39 Å². The SMILES string of the molecule is O=c1n(CC(O)CF)nc2n1CCNC2. The highest BCUT2D eigenvalue weighted by Gasteiger charge is 2.17. The van der Waals surface area contributed by atoms with Gasteiger partial charge in [0.05, 0.1) is 13.1 Å². The molecule has 6 nitrogen and oxygen atoms in total. The van der Waals surface area contributed by atoms with Gasteiger partial charge in [0.15, 0.2) is 0 Å². The number of rotatable bonds is 3. The lowest BCUT2D eigenvalue weighted by Crippen LogP contribution is -2.35. The summed E-state index contributed by atoms with van der Waals surface area (Å²) >= 11 is 0. The molecule has 1 aliphatic rings. The van der Waals surface area contributed by atoms with Gasteiger partial charge in [-0.05, 0) is 0 Å². The summed E-state index contributed by atoms with van der Waals surface area (Å²) in [5.74, 6) is 0.636. The van der Waals surface area contributed by atoms with Crippen LogP contribution in [0.5, 0.6) is 0 Å². The van der Waals surface area contributed by atoms with Gasteiger partial charge in [0, 0.05) is 13.1 Å². The van der Waals surface area contributed by atoms with Gasteiger partial charge in [-0.15, -0.1) is 0 Å². The van der Waals surface area contributed by atoms with E-state index in [1.165, 1.54) is 0 Å². The first-order valence-electron chi connectivity index (χ1n) is 4.83. The predicted molar refractivity (Wildman–Crippen MR) is 50.2 cm³/mol. The Morgan fingerprint density at radius 2 is 2.47 bits per heavy atom. The van der Waals surface area contributed by atoms with Crippen molar-refractivity contribution in [2.75, 3.05) is 13.2 Å². The number of halogens is 1. The Kier molecular flexibility index (Phi) is 2.83. The first-order valence-corrected chi connectivity index (χ1v) is 4.83. The van der Waals surface area contributed by atoms with Crippen molar-refractivity contribution in [1.29, 1.82) is 0 Å². The highest BCUT2D eigenvalue weighted by atomic mass is 19.1. The van der Waals surface area contributed by atoms with Crippen molar-refractivity contribution >= 4 is 0 Å². The van der Waals surface area contributed by atoms with Crippen LogP contribution in [-0.2, 0) is 19.6 Å². The molecule has 0 fully saturated rings. The molecular weight excluding hydrogens is 203 g/mol. The zero-order chi connectivity index (χ0) is 10.8. The third-order valence-electron chi connectivity index (χ3n) is 2.36. The van der Waals surface area contributed by atoms with Crippen LogP contribution in [0.25, 0.3) is 0 Å². The molecular formula is C8H13FN4O2. The van der Waals surface area contributed by atoms with Crippen molar-refractivity contribution in [2.45, 2.75) is 25.7 Å². The minimum absolute atomic E-state index is 0.0880. The van der Waals surface area contributed by atoms with Gasteiger partial charge < -0.3 is 10.4 Å². The van der Waals surface area contributed by atoms with Crippen LogP contribution in [-0.4, -0.2) is 38.8 Å². The summed E-state index contributed by atoms with van der Waals surface area (Å²) in [5.41, 5.74) is -0.279. The van der Waals surface area contributed by atoms with Crippen LogP contribution in [0.15, 0.2) is 4.79 Å². The Morgan fingerprint density at radius 3 is 3.13 bits per heavy atom. The van der Waals surface area contributed by atoms with Crippen molar-refractivity contribution in [3.63, 3.8) is 0 Å². The predicted octanol–water partition coefficient (Wildman–Crippen LogP) is -1.52. The molecule has 0 saturated heterocycles. The van der Waals surface area contributed by atoms with Crippen LogP contribution >= 0.6 is 0 Å². The lowest BCUT2D eigenvalue weighted by Gasteiger charge is -2.11. The number of aromatic nitrogens is 3. The first kappa shape index (κ1) is 10.3. The average Bonchev–Trinajstić information content (AvgIpc) is 2.57. The molecule has 84 valence electrons. The molecule has 0 aromatic carbocycles. The van der Waals surface area contributed by atoms with Gasteiger partial charge in [0.1, 0.15) is 18.6 Å². The Hall–Kier alpha value is -1.21. The Morgan fingerprint density at radius 1 is 1.67 bits per heavy atom. The van der Waals surface area contributed by atoms with Gasteiger partial charge >= 0.3 is 5.69 Å². The van der Waals surface area contributed by atoms with Gasteiger partial charge in [-0.3, -0.25) is 4.57 Å². The molecule has 15 heavy (non-hydrogen) atoms. The standard InChI is InChI=1S/C8H13FN4O2/c9-3-6(14)5-13-8(15)12-2-1-10-4-7(12)11-13/h6,10,14H,1-5H2. The quantitative estimate of drug-likeness (QED) is 0.643. The first-order chi connectivity index (χ1) is 7.22. The minimum Gasteiger partial charge on any atom is -0.388 e. The van der Waals surface area contributed by atoms with E-state index in [-0.39, 0.29) is 12.2 Å². The Bertz CT molecular complexity index is 400. The van der Waals surface area contributed by atoms with Gasteiger partial charge in [0.2, 0.25) is 0 Å². The minimum atomic E-state index is -1.16. The zero-order valence-electron chi connectivity index (χ0n) is 8.19. The molecule has 1 unspecified atom stereocenters. The molecule has 0 amide bonds. The third-order valence-corrected chi connectivity index (χ3v) is 2.36. The van der Waals surface area contributed by atoms with E-state index in [9.17, 15) is 9.18 Å². The normalized spacial score (nSPS) is 17.5. The molecule has 2 N–H and O–H groups in total. The maximum absolute atomic E-state index is 12.1. The highest BCUT2D eigenvalue weighted by molar-refractivity contribution is 4.91.